The quantitative estimate of drug-likeness (QED) is 0.935. The molecule has 5 heteroatoms. The Hall–Kier alpha value is -2.27. The van der Waals surface area contributed by atoms with Gasteiger partial charge in [0, 0.05) is 13.0 Å². The fourth-order valence-electron chi connectivity index (χ4n) is 2.65. The van der Waals surface area contributed by atoms with E-state index in [1.165, 1.54) is 0 Å². The molecule has 5 nitrogen and oxygen atoms in total. The molecule has 1 aromatic carbocycles. The molecular weight excluding hydrogens is 270 g/mol. The number of methoxy groups -OCH3 is 1. The molecule has 1 N–H and O–H groups in total. The van der Waals surface area contributed by atoms with Crippen molar-refractivity contribution in [2.75, 3.05) is 7.11 Å². The fraction of sp³-hybridized carbons (Fsp3) is 0.312. The summed E-state index contributed by atoms with van der Waals surface area (Å²) < 4.78 is 10.5. The monoisotopic (exact) mass is 287 g/mol. The standard InChI is InChI=1S/C16H17NO4/c1-20-12-6-4-11(5-7-12)10-17-13(9-14(18)16(17)19)15-3-2-8-21-15/h2-8,13-14,18H,9-10H2,1H3/t13-,14+/m0/s1. The Morgan fingerprint density at radius 2 is 2.10 bits per heavy atom. The third-order valence-electron chi connectivity index (χ3n) is 3.77. The SMILES string of the molecule is COc1ccc(CN2C(=O)[C@H](O)C[C@H]2c2ccco2)cc1. The van der Waals surface area contributed by atoms with Crippen LogP contribution in [-0.2, 0) is 11.3 Å². The summed E-state index contributed by atoms with van der Waals surface area (Å²) in [5.41, 5.74) is 0.981. The van der Waals surface area contributed by atoms with Gasteiger partial charge in [0.25, 0.3) is 5.91 Å². The van der Waals surface area contributed by atoms with Gasteiger partial charge < -0.3 is 19.2 Å². The molecule has 1 fully saturated rings. The third kappa shape index (κ3) is 2.64. The molecule has 2 atom stereocenters. The summed E-state index contributed by atoms with van der Waals surface area (Å²) in [5.74, 6) is 1.22. The van der Waals surface area contributed by atoms with Crippen LogP contribution in [0.2, 0.25) is 0 Å². The van der Waals surface area contributed by atoms with E-state index in [0.29, 0.717) is 18.7 Å². The number of carbonyl (C=O) groups is 1. The molecule has 0 radical (unpaired) electrons. The van der Waals surface area contributed by atoms with Gasteiger partial charge in [-0.15, -0.1) is 0 Å². The number of rotatable bonds is 4. The number of furan rings is 1. The van der Waals surface area contributed by atoms with Crippen LogP contribution in [0.15, 0.2) is 47.1 Å². The number of nitrogens with zero attached hydrogens (tertiary/aromatic N) is 1. The maximum absolute atomic E-state index is 12.1. The Morgan fingerprint density at radius 3 is 2.71 bits per heavy atom. The van der Waals surface area contributed by atoms with Gasteiger partial charge in [-0.05, 0) is 29.8 Å². The minimum absolute atomic E-state index is 0.218. The van der Waals surface area contributed by atoms with E-state index in [4.69, 9.17) is 9.15 Å². The van der Waals surface area contributed by atoms with Gasteiger partial charge in [-0.2, -0.15) is 0 Å². The molecule has 2 aromatic rings. The molecule has 2 heterocycles. The summed E-state index contributed by atoms with van der Waals surface area (Å²) in [7, 11) is 1.61. The van der Waals surface area contributed by atoms with Crippen LogP contribution in [0.3, 0.4) is 0 Å². The maximum Gasteiger partial charge on any atom is 0.252 e. The lowest BCUT2D eigenvalue weighted by molar-refractivity contribution is -0.136. The number of carbonyl (C=O) groups excluding carboxylic acids is 1. The van der Waals surface area contributed by atoms with Crippen LogP contribution in [0.4, 0.5) is 0 Å². The second kappa shape index (κ2) is 5.61. The number of ether oxygens (including phenoxy) is 1. The lowest BCUT2D eigenvalue weighted by atomic mass is 10.1. The van der Waals surface area contributed by atoms with Crippen molar-refractivity contribution in [3.05, 3.63) is 54.0 Å². The number of hydrogen-bond acceptors (Lipinski definition) is 4. The molecule has 0 bridgehead atoms. The highest BCUT2D eigenvalue weighted by Crippen LogP contribution is 2.34. The third-order valence-corrected chi connectivity index (χ3v) is 3.77. The molecule has 110 valence electrons. The van der Waals surface area contributed by atoms with Crippen LogP contribution < -0.4 is 4.74 Å². The smallest absolute Gasteiger partial charge is 0.252 e. The van der Waals surface area contributed by atoms with Gasteiger partial charge in [0.15, 0.2) is 0 Å². The first-order chi connectivity index (χ1) is 10.2. The molecule has 0 saturated carbocycles. The highest BCUT2D eigenvalue weighted by atomic mass is 16.5. The molecule has 0 unspecified atom stereocenters. The topological polar surface area (TPSA) is 62.9 Å². The second-order valence-electron chi connectivity index (χ2n) is 5.10. The maximum atomic E-state index is 12.1. The van der Waals surface area contributed by atoms with Gasteiger partial charge in [0.2, 0.25) is 0 Å². The molecule has 3 rings (SSSR count). The van der Waals surface area contributed by atoms with E-state index in [2.05, 4.69) is 0 Å². The van der Waals surface area contributed by atoms with Gasteiger partial charge in [0.1, 0.15) is 17.6 Å². The van der Waals surface area contributed by atoms with Crippen molar-refractivity contribution in [3.63, 3.8) is 0 Å². The Balaban J connectivity index is 1.81. The average Bonchev–Trinajstić information content (AvgIpc) is 3.12. The lowest BCUT2D eigenvalue weighted by Crippen LogP contribution is -2.30. The van der Waals surface area contributed by atoms with Gasteiger partial charge >= 0.3 is 0 Å². The van der Waals surface area contributed by atoms with Crippen molar-refractivity contribution in [2.24, 2.45) is 0 Å². The van der Waals surface area contributed by atoms with E-state index in [1.807, 2.05) is 30.3 Å². The summed E-state index contributed by atoms with van der Waals surface area (Å²) in [4.78, 5) is 13.8. The van der Waals surface area contributed by atoms with Crippen molar-refractivity contribution in [1.29, 1.82) is 0 Å². The molecular formula is C16H17NO4. The van der Waals surface area contributed by atoms with Crippen LogP contribution in [0.25, 0.3) is 0 Å². The summed E-state index contributed by atoms with van der Waals surface area (Å²) in [6.07, 6.45) is 0.983. The van der Waals surface area contributed by atoms with E-state index in [9.17, 15) is 9.90 Å². The number of benzene rings is 1. The van der Waals surface area contributed by atoms with Crippen LogP contribution in [-0.4, -0.2) is 29.1 Å². The Morgan fingerprint density at radius 1 is 1.33 bits per heavy atom. The zero-order valence-corrected chi connectivity index (χ0v) is 11.7. The lowest BCUT2D eigenvalue weighted by Gasteiger charge is -2.23. The summed E-state index contributed by atoms with van der Waals surface area (Å²) in [6.45, 7) is 0.436. The average molecular weight is 287 g/mol. The van der Waals surface area contributed by atoms with E-state index in [0.717, 1.165) is 11.3 Å². The number of aliphatic hydroxyl groups excluding tert-OH is 1. The molecule has 0 spiro atoms. The highest BCUT2D eigenvalue weighted by Gasteiger charge is 2.40. The van der Waals surface area contributed by atoms with Crippen molar-refractivity contribution < 1.29 is 19.1 Å². The van der Waals surface area contributed by atoms with E-state index in [1.54, 1.807) is 24.3 Å². The second-order valence-corrected chi connectivity index (χ2v) is 5.10. The van der Waals surface area contributed by atoms with Gasteiger partial charge in [0.05, 0.1) is 19.4 Å². The summed E-state index contributed by atoms with van der Waals surface area (Å²) in [6, 6.07) is 10.9. The molecule has 1 aromatic heterocycles. The predicted molar refractivity (Wildman–Crippen MR) is 75.6 cm³/mol. The summed E-state index contributed by atoms with van der Waals surface area (Å²) >= 11 is 0. The predicted octanol–water partition coefficient (Wildman–Crippen LogP) is 2.12. The molecule has 1 aliphatic heterocycles. The van der Waals surface area contributed by atoms with Crippen LogP contribution in [0, 0.1) is 0 Å². The first-order valence-corrected chi connectivity index (χ1v) is 6.84. The zero-order chi connectivity index (χ0) is 14.8. The number of aliphatic hydroxyl groups is 1. The first-order valence-electron chi connectivity index (χ1n) is 6.84. The van der Waals surface area contributed by atoms with Gasteiger partial charge in [-0.1, -0.05) is 12.1 Å². The largest absolute Gasteiger partial charge is 0.497 e. The van der Waals surface area contributed by atoms with Crippen molar-refractivity contribution in [1.82, 2.24) is 4.90 Å². The van der Waals surface area contributed by atoms with Crippen LogP contribution >= 0.6 is 0 Å². The molecule has 1 saturated heterocycles. The van der Waals surface area contributed by atoms with E-state index in [-0.39, 0.29) is 11.9 Å². The molecule has 1 aliphatic rings. The first kappa shape index (κ1) is 13.7. The fourth-order valence-corrected chi connectivity index (χ4v) is 2.65. The van der Waals surface area contributed by atoms with Crippen molar-refractivity contribution in [3.8, 4) is 5.75 Å². The van der Waals surface area contributed by atoms with Crippen LogP contribution in [0.5, 0.6) is 5.75 Å². The number of amides is 1. The molecule has 0 aliphatic carbocycles. The summed E-state index contributed by atoms with van der Waals surface area (Å²) in [5, 5.41) is 9.84. The van der Waals surface area contributed by atoms with Crippen LogP contribution in [0.1, 0.15) is 23.8 Å². The van der Waals surface area contributed by atoms with Gasteiger partial charge in [-0.3, -0.25) is 4.79 Å². The van der Waals surface area contributed by atoms with Gasteiger partial charge in [-0.25, -0.2) is 0 Å². The highest BCUT2D eigenvalue weighted by molar-refractivity contribution is 5.83. The Bertz CT molecular complexity index is 606. The molecule has 1 amide bonds. The normalized spacial score (nSPS) is 21.8. The van der Waals surface area contributed by atoms with E-state index >= 15 is 0 Å². The number of hydrogen-bond donors (Lipinski definition) is 1. The zero-order valence-electron chi connectivity index (χ0n) is 11.7. The van der Waals surface area contributed by atoms with Crippen molar-refractivity contribution in [2.45, 2.75) is 25.1 Å². The van der Waals surface area contributed by atoms with E-state index < -0.39 is 6.10 Å². The minimum Gasteiger partial charge on any atom is -0.497 e. The number of likely N-dealkylation sites (tertiary alicyclic amines) is 1. The van der Waals surface area contributed by atoms with Crippen molar-refractivity contribution >= 4 is 5.91 Å². The molecule has 21 heavy (non-hydrogen) atoms. The minimum atomic E-state index is -0.960. The Kier molecular flexibility index (Phi) is 3.66. The Labute approximate surface area is 122 Å².